The van der Waals surface area contributed by atoms with Crippen molar-refractivity contribution in [1.82, 2.24) is 0 Å². The van der Waals surface area contributed by atoms with Crippen molar-refractivity contribution in [1.29, 1.82) is 0 Å². The fourth-order valence-electron chi connectivity index (χ4n) is 0.299. The van der Waals surface area contributed by atoms with Gasteiger partial charge in [-0.2, -0.15) is 0 Å². The summed E-state index contributed by atoms with van der Waals surface area (Å²) in [6.45, 7) is 0. The lowest BCUT2D eigenvalue weighted by Gasteiger charge is -1.91. The van der Waals surface area contributed by atoms with E-state index in [-0.39, 0.29) is 0 Å². The highest BCUT2D eigenvalue weighted by Crippen LogP contribution is 2.21. The van der Waals surface area contributed by atoms with E-state index in [2.05, 4.69) is 0 Å². The SMILES string of the molecule is [2H]c1c([2H])c([2H])c(O)c(O)c1[2H]. The van der Waals surface area contributed by atoms with E-state index in [4.69, 9.17) is 15.7 Å². The molecule has 2 N–H and O–H groups in total. The van der Waals surface area contributed by atoms with E-state index >= 15 is 0 Å². The van der Waals surface area contributed by atoms with Gasteiger partial charge in [0.05, 0.1) is 5.48 Å². The molecule has 1 aromatic rings. The van der Waals surface area contributed by atoms with Crippen LogP contribution in [-0.4, -0.2) is 10.2 Å². The quantitative estimate of drug-likeness (QED) is 0.496. The van der Waals surface area contributed by atoms with Gasteiger partial charge in [0.15, 0.2) is 11.5 Å². The predicted molar refractivity (Wildman–Crippen MR) is 29.8 cm³/mol. The van der Waals surface area contributed by atoms with Crippen LogP contribution in [0.5, 0.6) is 11.5 Å². The third kappa shape index (κ3) is 0.729. The van der Waals surface area contributed by atoms with Gasteiger partial charge in [0.2, 0.25) is 0 Å². The maximum Gasteiger partial charge on any atom is 0.157 e. The summed E-state index contributed by atoms with van der Waals surface area (Å²) in [5.41, 5.74) is 0. The van der Waals surface area contributed by atoms with Crippen molar-refractivity contribution in [3.8, 4) is 11.5 Å². The number of benzene rings is 1. The Labute approximate surface area is 52.6 Å². The van der Waals surface area contributed by atoms with E-state index in [9.17, 15) is 0 Å². The number of hydrogen-bond donors (Lipinski definition) is 2. The molecule has 1 rings (SSSR count). The Bertz CT molecular complexity index is 232. The molecule has 0 aliphatic carbocycles. The van der Waals surface area contributed by atoms with Crippen LogP contribution in [0.1, 0.15) is 5.48 Å². The standard InChI is InChI=1S/C6H6O2/c7-5-3-1-2-4-6(5)8/h1-4,7-8H/i1D,2D,3D,4D. The summed E-state index contributed by atoms with van der Waals surface area (Å²) in [5.74, 6) is -1.64. The molecule has 0 radical (unpaired) electrons. The Morgan fingerprint density at radius 1 is 1.12 bits per heavy atom. The topological polar surface area (TPSA) is 40.5 Å². The average molecular weight is 114 g/mol. The third-order valence-electron chi connectivity index (χ3n) is 0.649. The molecule has 0 heterocycles. The second-order valence-corrected chi connectivity index (χ2v) is 1.20. The van der Waals surface area contributed by atoms with Crippen molar-refractivity contribution in [3.05, 3.63) is 24.2 Å². The first-order valence-corrected chi connectivity index (χ1v) is 1.95. The Morgan fingerprint density at radius 2 is 1.50 bits per heavy atom. The van der Waals surface area contributed by atoms with Crippen LogP contribution in [0.15, 0.2) is 24.2 Å². The second kappa shape index (κ2) is 1.74. The molecule has 42 valence electrons. The molecule has 0 bridgehead atoms. The van der Waals surface area contributed by atoms with Gasteiger partial charge in [-0.3, -0.25) is 0 Å². The minimum Gasteiger partial charge on any atom is -0.504 e. The number of phenolic OH excluding ortho intramolecular Hbond substituents is 2. The summed E-state index contributed by atoms with van der Waals surface area (Å²) in [6.07, 6.45) is 0. The first kappa shape index (κ1) is 1.97. The Morgan fingerprint density at radius 3 is 1.88 bits per heavy atom. The van der Waals surface area contributed by atoms with Crippen LogP contribution < -0.4 is 0 Å². The monoisotopic (exact) mass is 114 g/mol. The molecule has 8 heavy (non-hydrogen) atoms. The third-order valence-corrected chi connectivity index (χ3v) is 0.649. The van der Waals surface area contributed by atoms with E-state index < -0.39 is 35.7 Å². The summed E-state index contributed by atoms with van der Waals surface area (Å²) in [4.78, 5) is 0. The van der Waals surface area contributed by atoms with Gasteiger partial charge < -0.3 is 10.2 Å². The number of aromatic hydroxyl groups is 2. The minimum absolute atomic E-state index is 0.560. The average Bonchev–Trinajstić information content (AvgIpc) is 2.08. The molecule has 0 saturated heterocycles. The van der Waals surface area contributed by atoms with Gasteiger partial charge in [0.25, 0.3) is 0 Å². The van der Waals surface area contributed by atoms with Gasteiger partial charge in [-0.15, -0.1) is 0 Å². The van der Waals surface area contributed by atoms with Gasteiger partial charge in [-0.25, -0.2) is 0 Å². The molecule has 2 nitrogen and oxygen atoms in total. The Balaban J connectivity index is 3.60. The maximum absolute atomic E-state index is 8.93. The van der Waals surface area contributed by atoms with Crippen LogP contribution in [0.3, 0.4) is 0 Å². The van der Waals surface area contributed by atoms with Gasteiger partial charge in [-0.1, -0.05) is 12.1 Å². The van der Waals surface area contributed by atoms with Crippen molar-refractivity contribution in [2.24, 2.45) is 0 Å². The molecule has 0 unspecified atom stereocenters. The van der Waals surface area contributed by atoms with Crippen molar-refractivity contribution in [2.75, 3.05) is 0 Å². The zero-order valence-corrected chi connectivity index (χ0v) is 3.89. The molecule has 0 fully saturated rings. The van der Waals surface area contributed by atoms with Crippen LogP contribution in [0, 0.1) is 0 Å². The molecule has 0 atom stereocenters. The summed E-state index contributed by atoms with van der Waals surface area (Å²) >= 11 is 0. The molecule has 2 heteroatoms. The van der Waals surface area contributed by atoms with Crippen molar-refractivity contribution < 1.29 is 15.7 Å². The molecule has 0 aromatic heterocycles. The van der Waals surface area contributed by atoms with E-state index in [0.29, 0.717) is 0 Å². The van der Waals surface area contributed by atoms with E-state index in [1.54, 1.807) is 0 Å². The normalized spacial score (nSPS) is 16.0. The summed E-state index contributed by atoms with van der Waals surface area (Å²) < 4.78 is 28.2. The molecule has 0 aliphatic heterocycles. The van der Waals surface area contributed by atoms with Gasteiger partial charge in [-0.05, 0) is 12.1 Å². The maximum atomic E-state index is 8.93. The van der Waals surface area contributed by atoms with E-state index in [1.165, 1.54) is 0 Å². The van der Waals surface area contributed by atoms with Crippen LogP contribution in [0.2, 0.25) is 0 Å². The van der Waals surface area contributed by atoms with Crippen molar-refractivity contribution in [3.63, 3.8) is 0 Å². The largest absolute Gasteiger partial charge is 0.504 e. The number of rotatable bonds is 0. The molecular weight excluding hydrogens is 104 g/mol. The molecule has 0 spiro atoms. The first-order chi connectivity index (χ1) is 5.46. The highest BCUT2D eigenvalue weighted by molar-refractivity contribution is 5.36. The molecular formula is C6H6O2. The highest BCUT2D eigenvalue weighted by Gasteiger charge is 1.90. The predicted octanol–water partition coefficient (Wildman–Crippen LogP) is 1.10. The number of hydrogen-bond acceptors (Lipinski definition) is 2. The lowest BCUT2D eigenvalue weighted by Crippen LogP contribution is -1.63. The Hall–Kier alpha value is -1.18. The van der Waals surface area contributed by atoms with Gasteiger partial charge >= 0.3 is 0 Å². The molecule has 0 aliphatic rings. The van der Waals surface area contributed by atoms with E-state index in [1.807, 2.05) is 0 Å². The smallest absolute Gasteiger partial charge is 0.157 e. The number of para-hydroxylation sites is 2. The Kier molecular flexibility index (Phi) is 0.429. The lowest BCUT2D eigenvalue weighted by molar-refractivity contribution is 0.404. The molecule has 0 saturated carbocycles. The zero-order chi connectivity index (χ0) is 9.46. The van der Waals surface area contributed by atoms with Crippen LogP contribution in [-0.2, 0) is 0 Å². The van der Waals surface area contributed by atoms with Crippen LogP contribution in [0.4, 0.5) is 0 Å². The van der Waals surface area contributed by atoms with Crippen LogP contribution in [0.25, 0.3) is 0 Å². The van der Waals surface area contributed by atoms with Crippen molar-refractivity contribution >= 4 is 0 Å². The fourth-order valence-corrected chi connectivity index (χ4v) is 0.299. The fraction of sp³-hybridized carbons (Fsp3) is 0. The molecule has 0 amide bonds. The zero-order valence-electron chi connectivity index (χ0n) is 7.89. The summed E-state index contributed by atoms with van der Waals surface area (Å²) in [6, 6.07) is -2.38. The first-order valence-electron chi connectivity index (χ1n) is 3.95. The lowest BCUT2D eigenvalue weighted by atomic mass is 10.3. The summed E-state index contributed by atoms with van der Waals surface area (Å²) in [5, 5.41) is 17.9. The second-order valence-electron chi connectivity index (χ2n) is 1.20. The molecule has 1 aromatic carbocycles. The van der Waals surface area contributed by atoms with Gasteiger partial charge in [0, 0.05) is 0 Å². The van der Waals surface area contributed by atoms with Crippen LogP contribution >= 0.6 is 0 Å². The minimum atomic E-state index is -0.819. The van der Waals surface area contributed by atoms with Crippen molar-refractivity contribution in [2.45, 2.75) is 0 Å². The van der Waals surface area contributed by atoms with E-state index in [0.717, 1.165) is 0 Å². The number of phenols is 2. The highest BCUT2D eigenvalue weighted by atomic mass is 16.3. The summed E-state index contributed by atoms with van der Waals surface area (Å²) in [7, 11) is 0. The van der Waals surface area contributed by atoms with Gasteiger partial charge in [0.1, 0.15) is 0 Å².